The number of hydrogen-bond acceptors (Lipinski definition) is 6. The van der Waals surface area contributed by atoms with Crippen LogP contribution in [-0.2, 0) is 24.3 Å². The Morgan fingerprint density at radius 2 is 1.88 bits per heavy atom. The smallest absolute Gasteiger partial charge is 0.324 e. The molecule has 0 radical (unpaired) electrons. The summed E-state index contributed by atoms with van der Waals surface area (Å²) < 4.78 is 32.3. The van der Waals surface area contributed by atoms with E-state index in [0.29, 0.717) is 12.3 Å². The van der Waals surface area contributed by atoms with Crippen molar-refractivity contribution in [2.45, 2.75) is 37.3 Å². The monoisotopic (exact) mass is 388 g/mol. The van der Waals surface area contributed by atoms with Crippen molar-refractivity contribution in [1.82, 2.24) is 10.0 Å². The first-order valence-electron chi connectivity index (χ1n) is 7.86. The van der Waals surface area contributed by atoms with Crippen molar-refractivity contribution in [2.75, 3.05) is 18.6 Å². The Morgan fingerprint density at radius 1 is 1.24 bits per heavy atom. The summed E-state index contributed by atoms with van der Waals surface area (Å²) >= 11 is 1.48. The van der Waals surface area contributed by atoms with E-state index in [4.69, 9.17) is 4.74 Å². The number of rotatable bonds is 10. The van der Waals surface area contributed by atoms with Crippen LogP contribution in [0.2, 0.25) is 0 Å². The second kappa shape index (κ2) is 10.4. The van der Waals surface area contributed by atoms with Crippen LogP contribution in [0, 0.1) is 0 Å². The molecule has 1 aromatic carbocycles. The van der Waals surface area contributed by atoms with Gasteiger partial charge in [0.15, 0.2) is 6.10 Å². The van der Waals surface area contributed by atoms with Crippen LogP contribution >= 0.6 is 11.8 Å². The first-order chi connectivity index (χ1) is 11.8. The van der Waals surface area contributed by atoms with Crippen molar-refractivity contribution in [3.63, 3.8) is 0 Å². The van der Waals surface area contributed by atoms with Gasteiger partial charge in [0.05, 0.1) is 4.90 Å². The largest absolute Gasteiger partial charge is 0.451 e. The van der Waals surface area contributed by atoms with Gasteiger partial charge < -0.3 is 10.1 Å². The molecule has 0 saturated carbocycles. The van der Waals surface area contributed by atoms with Gasteiger partial charge in [-0.05, 0) is 44.4 Å². The molecule has 2 atom stereocenters. The molecule has 0 aromatic heterocycles. The number of carbonyl (C=O) groups excluding carboxylic acids is 2. The van der Waals surface area contributed by atoms with E-state index in [1.165, 1.54) is 30.8 Å². The Hall–Kier alpha value is -1.58. The Labute approximate surface area is 153 Å². The molecule has 2 N–H and O–H groups in total. The van der Waals surface area contributed by atoms with E-state index in [0.717, 1.165) is 0 Å². The minimum Gasteiger partial charge on any atom is -0.451 e. The van der Waals surface area contributed by atoms with Crippen LogP contribution in [-0.4, -0.2) is 51.0 Å². The summed E-state index contributed by atoms with van der Waals surface area (Å²) in [5.74, 6) is -0.634. The van der Waals surface area contributed by atoms with Crippen LogP contribution in [0.3, 0.4) is 0 Å². The highest BCUT2D eigenvalue weighted by Crippen LogP contribution is 2.12. The summed E-state index contributed by atoms with van der Waals surface area (Å²) in [6, 6.07) is 6.72. The average molecular weight is 389 g/mol. The van der Waals surface area contributed by atoms with Gasteiger partial charge in [0.25, 0.3) is 5.91 Å². The second-order valence-electron chi connectivity index (χ2n) is 5.24. The number of sulfonamides is 1. The standard InChI is InChI=1S/C16H24N2O5S2/c1-4-17-15(19)12(2)23-16(20)14(10-11-24-3)18-25(21,22)13-8-6-5-7-9-13/h5-9,12,14,18H,4,10-11H2,1-3H3,(H,17,19)/t12-,14+/m0/s1. The lowest BCUT2D eigenvalue weighted by Crippen LogP contribution is -2.45. The Morgan fingerprint density at radius 3 is 2.44 bits per heavy atom. The Kier molecular flexibility index (Phi) is 8.95. The van der Waals surface area contributed by atoms with E-state index in [-0.39, 0.29) is 11.3 Å². The SMILES string of the molecule is CCNC(=O)[C@H](C)OC(=O)[C@@H](CCSC)NS(=O)(=O)c1ccccc1. The lowest BCUT2D eigenvalue weighted by atomic mass is 10.2. The summed E-state index contributed by atoms with van der Waals surface area (Å²) in [5, 5.41) is 2.55. The minimum absolute atomic E-state index is 0.0636. The third-order valence-electron chi connectivity index (χ3n) is 3.26. The van der Waals surface area contributed by atoms with Gasteiger partial charge in [-0.1, -0.05) is 18.2 Å². The van der Waals surface area contributed by atoms with Gasteiger partial charge in [0, 0.05) is 6.54 Å². The van der Waals surface area contributed by atoms with Gasteiger partial charge in [-0.2, -0.15) is 16.5 Å². The average Bonchev–Trinajstić information content (AvgIpc) is 2.59. The number of benzene rings is 1. The molecule has 0 aliphatic heterocycles. The normalized spacial score (nSPS) is 13.7. The predicted molar refractivity (Wildman–Crippen MR) is 97.8 cm³/mol. The maximum Gasteiger partial charge on any atom is 0.324 e. The molecular formula is C16H24N2O5S2. The number of amides is 1. The van der Waals surface area contributed by atoms with Gasteiger partial charge in [-0.15, -0.1) is 0 Å². The maximum absolute atomic E-state index is 12.4. The number of hydrogen-bond donors (Lipinski definition) is 2. The van der Waals surface area contributed by atoms with Gasteiger partial charge in [0.1, 0.15) is 6.04 Å². The minimum atomic E-state index is -3.86. The van der Waals surface area contributed by atoms with Crippen LogP contribution in [0.15, 0.2) is 35.2 Å². The van der Waals surface area contributed by atoms with E-state index in [1.54, 1.807) is 25.1 Å². The Balaban J connectivity index is 2.86. The number of likely N-dealkylation sites (N-methyl/N-ethyl adjacent to an activating group) is 1. The van der Waals surface area contributed by atoms with Crippen LogP contribution in [0.25, 0.3) is 0 Å². The van der Waals surface area contributed by atoms with Gasteiger partial charge in [-0.25, -0.2) is 8.42 Å². The zero-order valence-electron chi connectivity index (χ0n) is 14.5. The van der Waals surface area contributed by atoms with E-state index in [2.05, 4.69) is 10.0 Å². The molecule has 0 aliphatic rings. The zero-order valence-corrected chi connectivity index (χ0v) is 16.2. The first-order valence-corrected chi connectivity index (χ1v) is 10.7. The summed E-state index contributed by atoms with van der Waals surface area (Å²) in [6.07, 6.45) is 1.12. The van der Waals surface area contributed by atoms with Gasteiger partial charge in [-0.3, -0.25) is 9.59 Å². The van der Waals surface area contributed by atoms with Crippen molar-refractivity contribution in [2.24, 2.45) is 0 Å². The number of nitrogens with one attached hydrogen (secondary N) is 2. The molecule has 0 saturated heterocycles. The van der Waals surface area contributed by atoms with Crippen molar-refractivity contribution in [3.8, 4) is 0 Å². The van der Waals surface area contributed by atoms with E-state index >= 15 is 0 Å². The molecule has 25 heavy (non-hydrogen) atoms. The van der Waals surface area contributed by atoms with Crippen LogP contribution < -0.4 is 10.0 Å². The summed E-state index contributed by atoms with van der Waals surface area (Å²) in [4.78, 5) is 24.1. The third kappa shape index (κ3) is 7.05. The molecule has 7 nitrogen and oxygen atoms in total. The fraction of sp³-hybridized carbons (Fsp3) is 0.500. The van der Waals surface area contributed by atoms with Crippen molar-refractivity contribution in [3.05, 3.63) is 30.3 Å². The highest BCUT2D eigenvalue weighted by atomic mass is 32.2. The fourth-order valence-electron chi connectivity index (χ4n) is 1.94. The maximum atomic E-state index is 12.4. The summed E-state index contributed by atoms with van der Waals surface area (Å²) in [7, 11) is -3.86. The van der Waals surface area contributed by atoms with E-state index in [1.807, 2.05) is 6.26 Å². The first kappa shape index (κ1) is 21.5. The molecule has 1 aromatic rings. The van der Waals surface area contributed by atoms with Gasteiger partial charge in [0.2, 0.25) is 10.0 Å². The van der Waals surface area contributed by atoms with Crippen LogP contribution in [0.5, 0.6) is 0 Å². The van der Waals surface area contributed by atoms with Crippen molar-refractivity contribution in [1.29, 1.82) is 0 Å². The lowest BCUT2D eigenvalue weighted by molar-refractivity contribution is -0.156. The molecule has 0 fully saturated rings. The number of ether oxygens (including phenoxy) is 1. The second-order valence-corrected chi connectivity index (χ2v) is 7.94. The third-order valence-corrected chi connectivity index (χ3v) is 5.39. The Bertz CT molecular complexity index is 664. The van der Waals surface area contributed by atoms with Crippen molar-refractivity contribution >= 4 is 33.7 Å². The van der Waals surface area contributed by atoms with Gasteiger partial charge >= 0.3 is 5.97 Å². The van der Waals surface area contributed by atoms with Crippen LogP contribution in [0.1, 0.15) is 20.3 Å². The highest BCUT2D eigenvalue weighted by Gasteiger charge is 2.29. The van der Waals surface area contributed by atoms with E-state index < -0.39 is 34.0 Å². The summed E-state index contributed by atoms with van der Waals surface area (Å²) in [5.41, 5.74) is 0. The quantitative estimate of drug-likeness (QED) is 0.583. The summed E-state index contributed by atoms with van der Waals surface area (Å²) in [6.45, 7) is 3.61. The molecule has 140 valence electrons. The zero-order chi connectivity index (χ0) is 18.9. The highest BCUT2D eigenvalue weighted by molar-refractivity contribution is 7.98. The predicted octanol–water partition coefficient (Wildman–Crippen LogP) is 1.15. The number of esters is 1. The van der Waals surface area contributed by atoms with E-state index in [9.17, 15) is 18.0 Å². The molecule has 9 heteroatoms. The molecule has 0 aliphatic carbocycles. The molecular weight excluding hydrogens is 364 g/mol. The molecule has 1 amide bonds. The van der Waals surface area contributed by atoms with Crippen LogP contribution in [0.4, 0.5) is 0 Å². The molecule has 0 heterocycles. The molecule has 0 spiro atoms. The number of carbonyl (C=O) groups is 2. The lowest BCUT2D eigenvalue weighted by Gasteiger charge is -2.20. The van der Waals surface area contributed by atoms with Crippen molar-refractivity contribution < 1.29 is 22.7 Å². The molecule has 0 unspecified atom stereocenters. The number of thioether (sulfide) groups is 1. The topological polar surface area (TPSA) is 102 Å². The molecule has 1 rings (SSSR count). The fourth-order valence-corrected chi connectivity index (χ4v) is 3.65. The molecule has 0 bridgehead atoms.